The van der Waals surface area contributed by atoms with Gasteiger partial charge in [0.25, 0.3) is 0 Å². The van der Waals surface area contributed by atoms with Crippen LogP contribution in [0, 0.1) is 13.8 Å². The highest BCUT2D eigenvalue weighted by Crippen LogP contribution is 2.22. The van der Waals surface area contributed by atoms with Gasteiger partial charge in [0.2, 0.25) is 0 Å². The van der Waals surface area contributed by atoms with E-state index < -0.39 is 0 Å². The van der Waals surface area contributed by atoms with Crippen LogP contribution in [-0.2, 0) is 6.42 Å². The quantitative estimate of drug-likeness (QED) is 0.769. The first-order valence-corrected chi connectivity index (χ1v) is 8.03. The molecule has 1 atom stereocenters. The summed E-state index contributed by atoms with van der Waals surface area (Å²) in [5.74, 6) is 0. The number of rotatable bonds is 6. The monoisotopic (exact) mass is 301 g/mol. The zero-order valence-corrected chi connectivity index (χ0v) is 13.9. The molecule has 0 bridgehead atoms. The third-order valence-electron chi connectivity index (χ3n) is 3.92. The van der Waals surface area contributed by atoms with Gasteiger partial charge in [-0.25, -0.2) is 0 Å². The minimum Gasteiger partial charge on any atom is -0.310 e. The largest absolute Gasteiger partial charge is 0.310 e. The average Bonchev–Trinajstić information content (AvgIpc) is 2.48. The Morgan fingerprint density at radius 2 is 1.71 bits per heavy atom. The van der Waals surface area contributed by atoms with Crippen LogP contribution < -0.4 is 5.32 Å². The lowest BCUT2D eigenvalue weighted by Gasteiger charge is -2.20. The molecule has 2 aromatic carbocycles. The van der Waals surface area contributed by atoms with E-state index in [-0.39, 0.29) is 0 Å². The summed E-state index contributed by atoms with van der Waals surface area (Å²) in [5.41, 5.74) is 5.38. The van der Waals surface area contributed by atoms with E-state index in [4.69, 9.17) is 11.6 Å². The first kappa shape index (κ1) is 16.1. The van der Waals surface area contributed by atoms with E-state index in [0.29, 0.717) is 6.04 Å². The lowest BCUT2D eigenvalue weighted by molar-refractivity contribution is 0.529. The fourth-order valence-electron chi connectivity index (χ4n) is 2.49. The molecule has 1 N–H and O–H groups in total. The molecule has 0 radical (unpaired) electrons. The van der Waals surface area contributed by atoms with Crippen molar-refractivity contribution < 1.29 is 0 Å². The predicted molar refractivity (Wildman–Crippen MR) is 92.1 cm³/mol. The van der Waals surface area contributed by atoms with Crippen molar-refractivity contribution in [2.75, 3.05) is 6.54 Å². The molecule has 0 fully saturated rings. The Kier molecular flexibility index (Phi) is 5.84. The summed E-state index contributed by atoms with van der Waals surface area (Å²) < 4.78 is 0. The lowest BCUT2D eigenvalue weighted by Crippen LogP contribution is -2.24. The molecule has 2 heteroatoms. The minimum absolute atomic E-state index is 0.337. The van der Waals surface area contributed by atoms with Crippen molar-refractivity contribution >= 4 is 11.6 Å². The molecule has 0 aromatic heterocycles. The topological polar surface area (TPSA) is 12.0 Å². The fraction of sp³-hybridized carbons (Fsp3) is 0.368. The molecular formula is C19H24ClN. The highest BCUT2D eigenvalue weighted by atomic mass is 35.5. The second-order valence-electron chi connectivity index (χ2n) is 5.68. The van der Waals surface area contributed by atoms with Gasteiger partial charge in [-0.3, -0.25) is 0 Å². The van der Waals surface area contributed by atoms with E-state index in [1.807, 2.05) is 12.1 Å². The summed E-state index contributed by atoms with van der Waals surface area (Å²) in [4.78, 5) is 0. The third kappa shape index (κ3) is 4.59. The molecule has 0 aliphatic heterocycles. The summed E-state index contributed by atoms with van der Waals surface area (Å²) >= 11 is 6.00. The Morgan fingerprint density at radius 1 is 1.00 bits per heavy atom. The van der Waals surface area contributed by atoms with Gasteiger partial charge in [0.05, 0.1) is 0 Å². The van der Waals surface area contributed by atoms with Gasteiger partial charge in [0.15, 0.2) is 0 Å². The molecule has 2 rings (SSSR count). The predicted octanol–water partition coefficient (Wildman–Crippen LogP) is 5.24. The summed E-state index contributed by atoms with van der Waals surface area (Å²) in [5, 5.41) is 4.44. The number of nitrogens with one attached hydrogen (secondary N) is 1. The van der Waals surface area contributed by atoms with Crippen molar-refractivity contribution in [3.63, 3.8) is 0 Å². The molecule has 0 amide bonds. The van der Waals surface area contributed by atoms with Crippen LogP contribution in [0.5, 0.6) is 0 Å². The molecule has 1 unspecified atom stereocenters. The van der Waals surface area contributed by atoms with Gasteiger partial charge in [-0.05, 0) is 67.6 Å². The summed E-state index contributed by atoms with van der Waals surface area (Å²) in [6.07, 6.45) is 2.14. The van der Waals surface area contributed by atoms with E-state index >= 15 is 0 Å². The Bertz CT molecular complexity index is 575. The van der Waals surface area contributed by atoms with Gasteiger partial charge in [0, 0.05) is 11.1 Å². The first-order valence-electron chi connectivity index (χ1n) is 7.65. The SMILES string of the molecule is CCCNC(Cc1ccc(C)c(C)c1)c1ccc(Cl)cc1. The van der Waals surface area contributed by atoms with Crippen LogP contribution in [0.4, 0.5) is 0 Å². The van der Waals surface area contributed by atoms with Gasteiger partial charge in [-0.1, -0.05) is 48.9 Å². The van der Waals surface area contributed by atoms with E-state index in [2.05, 4.69) is 56.4 Å². The molecule has 0 aliphatic rings. The van der Waals surface area contributed by atoms with Crippen LogP contribution >= 0.6 is 11.6 Å². The van der Waals surface area contributed by atoms with E-state index in [1.54, 1.807) is 0 Å². The van der Waals surface area contributed by atoms with Crippen molar-refractivity contribution in [2.45, 2.75) is 39.7 Å². The van der Waals surface area contributed by atoms with Crippen molar-refractivity contribution in [2.24, 2.45) is 0 Å². The highest BCUT2D eigenvalue weighted by Gasteiger charge is 2.12. The molecular weight excluding hydrogens is 278 g/mol. The van der Waals surface area contributed by atoms with Crippen LogP contribution in [0.1, 0.15) is 41.6 Å². The van der Waals surface area contributed by atoms with Crippen molar-refractivity contribution in [1.29, 1.82) is 0 Å². The van der Waals surface area contributed by atoms with E-state index in [1.165, 1.54) is 22.3 Å². The molecule has 2 aromatic rings. The van der Waals surface area contributed by atoms with Gasteiger partial charge in [-0.15, -0.1) is 0 Å². The number of halogens is 1. The summed E-state index contributed by atoms with van der Waals surface area (Å²) in [7, 11) is 0. The van der Waals surface area contributed by atoms with Crippen molar-refractivity contribution in [1.82, 2.24) is 5.32 Å². The Balaban J connectivity index is 2.19. The Morgan fingerprint density at radius 3 is 2.33 bits per heavy atom. The third-order valence-corrected chi connectivity index (χ3v) is 4.18. The second kappa shape index (κ2) is 7.63. The molecule has 0 spiro atoms. The molecule has 0 saturated heterocycles. The van der Waals surface area contributed by atoms with Gasteiger partial charge in [-0.2, -0.15) is 0 Å². The second-order valence-corrected chi connectivity index (χ2v) is 6.12. The Hall–Kier alpha value is -1.31. The molecule has 21 heavy (non-hydrogen) atoms. The number of hydrogen-bond donors (Lipinski definition) is 1. The first-order chi connectivity index (χ1) is 10.1. The van der Waals surface area contributed by atoms with Crippen LogP contribution in [0.25, 0.3) is 0 Å². The maximum atomic E-state index is 6.00. The summed E-state index contributed by atoms with van der Waals surface area (Å²) in [6, 6.07) is 15.3. The van der Waals surface area contributed by atoms with Gasteiger partial charge < -0.3 is 5.32 Å². The van der Waals surface area contributed by atoms with Crippen LogP contribution in [0.2, 0.25) is 5.02 Å². The highest BCUT2D eigenvalue weighted by molar-refractivity contribution is 6.30. The lowest BCUT2D eigenvalue weighted by atomic mass is 9.96. The molecule has 0 aliphatic carbocycles. The van der Waals surface area contributed by atoms with Crippen molar-refractivity contribution in [3.8, 4) is 0 Å². The standard InChI is InChI=1S/C19H24ClN/c1-4-11-21-19(17-7-9-18(20)10-8-17)13-16-6-5-14(2)15(3)12-16/h5-10,12,19,21H,4,11,13H2,1-3H3. The average molecular weight is 302 g/mol. The normalized spacial score (nSPS) is 12.4. The number of hydrogen-bond acceptors (Lipinski definition) is 1. The van der Waals surface area contributed by atoms with E-state index in [0.717, 1.165) is 24.4 Å². The zero-order chi connectivity index (χ0) is 15.2. The molecule has 0 heterocycles. The van der Waals surface area contributed by atoms with Crippen molar-refractivity contribution in [3.05, 3.63) is 69.7 Å². The number of aryl methyl sites for hydroxylation is 2. The zero-order valence-electron chi connectivity index (χ0n) is 13.1. The van der Waals surface area contributed by atoms with Crippen LogP contribution in [0.15, 0.2) is 42.5 Å². The molecule has 1 nitrogen and oxygen atoms in total. The smallest absolute Gasteiger partial charge is 0.0406 e. The maximum absolute atomic E-state index is 6.00. The molecule has 0 saturated carbocycles. The summed E-state index contributed by atoms with van der Waals surface area (Å²) in [6.45, 7) is 7.56. The van der Waals surface area contributed by atoms with Crippen LogP contribution in [0.3, 0.4) is 0 Å². The van der Waals surface area contributed by atoms with E-state index in [9.17, 15) is 0 Å². The van der Waals surface area contributed by atoms with Gasteiger partial charge >= 0.3 is 0 Å². The number of benzene rings is 2. The Labute approximate surface area is 133 Å². The maximum Gasteiger partial charge on any atom is 0.0406 e. The minimum atomic E-state index is 0.337. The van der Waals surface area contributed by atoms with Gasteiger partial charge in [0.1, 0.15) is 0 Å². The fourth-order valence-corrected chi connectivity index (χ4v) is 2.61. The molecule has 112 valence electrons. The van der Waals surface area contributed by atoms with Crippen LogP contribution in [-0.4, -0.2) is 6.54 Å².